The first-order valence-electron chi connectivity index (χ1n) is 9.53. The SMILES string of the molecule is O=C(CN1CCOCC1)N1CCN(Cc2cc3ccccc3nc2Cl)CC1. The van der Waals surface area contributed by atoms with Crippen molar-refractivity contribution in [2.75, 3.05) is 59.0 Å². The Bertz CT molecular complexity index is 802. The number of halogens is 1. The van der Waals surface area contributed by atoms with Crippen LogP contribution in [0.25, 0.3) is 10.9 Å². The van der Waals surface area contributed by atoms with E-state index in [2.05, 4.69) is 26.9 Å². The third-order valence-corrected chi connectivity index (χ3v) is 5.66. The maximum Gasteiger partial charge on any atom is 0.236 e. The number of nitrogens with zero attached hydrogens (tertiary/aromatic N) is 4. The summed E-state index contributed by atoms with van der Waals surface area (Å²) in [4.78, 5) is 23.5. The number of amides is 1. The van der Waals surface area contributed by atoms with E-state index in [9.17, 15) is 4.79 Å². The van der Waals surface area contributed by atoms with E-state index in [1.807, 2.05) is 23.1 Å². The first-order valence-corrected chi connectivity index (χ1v) is 9.91. The van der Waals surface area contributed by atoms with Crippen LogP contribution in [0.4, 0.5) is 0 Å². The Morgan fingerprint density at radius 1 is 1.04 bits per heavy atom. The summed E-state index contributed by atoms with van der Waals surface area (Å²) in [6, 6.07) is 10.1. The van der Waals surface area contributed by atoms with Crippen molar-refractivity contribution in [1.82, 2.24) is 19.7 Å². The molecule has 1 aromatic carbocycles. The number of piperazine rings is 1. The number of morpholine rings is 1. The molecule has 1 amide bonds. The van der Waals surface area contributed by atoms with Gasteiger partial charge in [-0.05, 0) is 12.1 Å². The number of carbonyl (C=O) groups excluding carboxylic acids is 1. The standard InChI is InChI=1S/C20H25ClN4O2/c21-20-17(13-16-3-1-2-4-18(16)22-20)14-23-5-7-25(8-6-23)19(26)15-24-9-11-27-12-10-24/h1-4,13H,5-12,14-15H2. The summed E-state index contributed by atoms with van der Waals surface area (Å²) in [6.07, 6.45) is 0. The molecular formula is C20H25ClN4O2. The van der Waals surface area contributed by atoms with Crippen LogP contribution in [0.15, 0.2) is 30.3 Å². The van der Waals surface area contributed by atoms with Crippen molar-refractivity contribution < 1.29 is 9.53 Å². The minimum absolute atomic E-state index is 0.224. The van der Waals surface area contributed by atoms with Crippen LogP contribution in [0.1, 0.15) is 5.56 Å². The minimum Gasteiger partial charge on any atom is -0.379 e. The quantitative estimate of drug-likeness (QED) is 0.748. The molecule has 0 aliphatic carbocycles. The van der Waals surface area contributed by atoms with Crippen molar-refractivity contribution in [1.29, 1.82) is 0 Å². The summed E-state index contributed by atoms with van der Waals surface area (Å²) in [5, 5.41) is 1.68. The topological polar surface area (TPSA) is 48.9 Å². The number of para-hydroxylation sites is 1. The van der Waals surface area contributed by atoms with Crippen molar-refractivity contribution in [2.24, 2.45) is 0 Å². The van der Waals surface area contributed by atoms with E-state index in [1.54, 1.807) is 0 Å². The fourth-order valence-electron chi connectivity index (χ4n) is 3.69. The third-order valence-electron chi connectivity index (χ3n) is 5.33. The molecule has 27 heavy (non-hydrogen) atoms. The summed E-state index contributed by atoms with van der Waals surface area (Å²) in [7, 11) is 0. The molecule has 6 nitrogen and oxygen atoms in total. The molecule has 0 atom stereocenters. The number of hydrogen-bond donors (Lipinski definition) is 0. The highest BCUT2D eigenvalue weighted by Crippen LogP contribution is 2.22. The number of hydrogen-bond acceptors (Lipinski definition) is 5. The van der Waals surface area contributed by atoms with Crippen LogP contribution >= 0.6 is 11.6 Å². The van der Waals surface area contributed by atoms with E-state index in [-0.39, 0.29) is 5.91 Å². The second-order valence-corrected chi connectivity index (χ2v) is 7.53. The third kappa shape index (κ3) is 4.58. The summed E-state index contributed by atoms with van der Waals surface area (Å²) >= 11 is 6.39. The highest BCUT2D eigenvalue weighted by atomic mass is 35.5. The number of rotatable bonds is 4. The summed E-state index contributed by atoms with van der Waals surface area (Å²) in [5.74, 6) is 0.224. The Balaban J connectivity index is 1.31. The van der Waals surface area contributed by atoms with E-state index in [0.717, 1.165) is 75.5 Å². The summed E-state index contributed by atoms with van der Waals surface area (Å²) in [5.41, 5.74) is 1.97. The summed E-state index contributed by atoms with van der Waals surface area (Å²) < 4.78 is 5.34. The molecule has 2 aromatic rings. The van der Waals surface area contributed by atoms with Gasteiger partial charge in [-0.15, -0.1) is 0 Å². The fraction of sp³-hybridized carbons (Fsp3) is 0.500. The molecule has 2 aliphatic heterocycles. The predicted molar refractivity (Wildman–Crippen MR) is 106 cm³/mol. The van der Waals surface area contributed by atoms with Gasteiger partial charge < -0.3 is 9.64 Å². The number of ether oxygens (including phenoxy) is 1. The lowest BCUT2D eigenvalue weighted by Crippen LogP contribution is -2.52. The predicted octanol–water partition coefficient (Wildman–Crippen LogP) is 1.86. The minimum atomic E-state index is 0.224. The largest absolute Gasteiger partial charge is 0.379 e. The Morgan fingerprint density at radius 2 is 1.78 bits per heavy atom. The van der Waals surface area contributed by atoms with Gasteiger partial charge in [0.05, 0.1) is 25.3 Å². The lowest BCUT2D eigenvalue weighted by Gasteiger charge is -2.36. The highest BCUT2D eigenvalue weighted by molar-refractivity contribution is 6.30. The van der Waals surface area contributed by atoms with Crippen molar-refractivity contribution >= 4 is 28.4 Å². The van der Waals surface area contributed by atoms with Crippen molar-refractivity contribution in [3.05, 3.63) is 41.0 Å². The molecule has 3 heterocycles. The first-order chi connectivity index (χ1) is 13.2. The number of fused-ring (bicyclic) bond motifs is 1. The van der Waals surface area contributed by atoms with Gasteiger partial charge in [0.2, 0.25) is 5.91 Å². The molecule has 4 rings (SSSR count). The normalized spacial score (nSPS) is 19.5. The van der Waals surface area contributed by atoms with Gasteiger partial charge in [-0.2, -0.15) is 0 Å². The molecule has 2 fully saturated rings. The van der Waals surface area contributed by atoms with E-state index < -0.39 is 0 Å². The monoisotopic (exact) mass is 388 g/mol. The molecule has 2 aliphatic rings. The second kappa shape index (κ2) is 8.52. The molecule has 0 N–H and O–H groups in total. The van der Waals surface area contributed by atoms with Gasteiger partial charge in [0.15, 0.2) is 0 Å². The van der Waals surface area contributed by atoms with Gasteiger partial charge in [0.1, 0.15) is 5.15 Å². The molecular weight excluding hydrogens is 364 g/mol. The molecule has 0 bridgehead atoms. The Kier molecular flexibility index (Phi) is 5.88. The van der Waals surface area contributed by atoms with Crippen molar-refractivity contribution in [3.63, 3.8) is 0 Å². The smallest absolute Gasteiger partial charge is 0.236 e. The zero-order chi connectivity index (χ0) is 18.6. The Hall–Kier alpha value is -1.73. The van der Waals surface area contributed by atoms with E-state index >= 15 is 0 Å². The maximum atomic E-state index is 12.5. The van der Waals surface area contributed by atoms with Crippen LogP contribution < -0.4 is 0 Å². The number of benzene rings is 1. The van der Waals surface area contributed by atoms with Gasteiger partial charge in [-0.3, -0.25) is 14.6 Å². The molecule has 0 unspecified atom stereocenters. The van der Waals surface area contributed by atoms with E-state index in [4.69, 9.17) is 16.3 Å². The average molecular weight is 389 g/mol. The maximum absolute atomic E-state index is 12.5. The fourth-order valence-corrected chi connectivity index (χ4v) is 3.90. The number of pyridine rings is 1. The molecule has 0 spiro atoms. The van der Waals surface area contributed by atoms with Gasteiger partial charge >= 0.3 is 0 Å². The van der Waals surface area contributed by atoms with Crippen LogP contribution in [-0.4, -0.2) is 84.6 Å². The van der Waals surface area contributed by atoms with E-state index in [1.165, 1.54) is 0 Å². The summed E-state index contributed by atoms with van der Waals surface area (Å²) in [6.45, 7) is 7.66. The van der Waals surface area contributed by atoms with Crippen molar-refractivity contribution in [2.45, 2.75) is 6.54 Å². The van der Waals surface area contributed by atoms with Gasteiger partial charge in [0, 0.05) is 56.8 Å². The lowest BCUT2D eigenvalue weighted by atomic mass is 10.1. The molecule has 0 radical (unpaired) electrons. The average Bonchev–Trinajstić information content (AvgIpc) is 2.70. The van der Waals surface area contributed by atoms with Gasteiger partial charge in [-0.25, -0.2) is 4.98 Å². The highest BCUT2D eigenvalue weighted by Gasteiger charge is 2.24. The number of carbonyl (C=O) groups is 1. The zero-order valence-corrected chi connectivity index (χ0v) is 16.2. The molecule has 144 valence electrons. The van der Waals surface area contributed by atoms with Crippen molar-refractivity contribution in [3.8, 4) is 0 Å². The van der Waals surface area contributed by atoms with Gasteiger partial charge in [-0.1, -0.05) is 29.8 Å². The van der Waals surface area contributed by atoms with Crippen LogP contribution in [0.2, 0.25) is 5.15 Å². The Morgan fingerprint density at radius 3 is 2.56 bits per heavy atom. The zero-order valence-electron chi connectivity index (χ0n) is 15.4. The molecule has 1 aromatic heterocycles. The first kappa shape index (κ1) is 18.6. The second-order valence-electron chi connectivity index (χ2n) is 7.18. The van der Waals surface area contributed by atoms with Crippen LogP contribution in [0.3, 0.4) is 0 Å². The van der Waals surface area contributed by atoms with Crippen LogP contribution in [0, 0.1) is 0 Å². The van der Waals surface area contributed by atoms with Crippen LogP contribution in [0.5, 0.6) is 0 Å². The Labute approximate surface area is 164 Å². The molecule has 0 saturated carbocycles. The molecule has 7 heteroatoms. The lowest BCUT2D eigenvalue weighted by molar-refractivity contribution is -0.135. The van der Waals surface area contributed by atoms with E-state index in [0.29, 0.717) is 11.7 Å². The van der Waals surface area contributed by atoms with Gasteiger partial charge in [0.25, 0.3) is 0 Å². The molecule has 2 saturated heterocycles. The van der Waals surface area contributed by atoms with Crippen LogP contribution in [-0.2, 0) is 16.1 Å². The number of aromatic nitrogens is 1.